The topological polar surface area (TPSA) is 29.3 Å². The molecule has 5 heteroatoms. The molecule has 1 aliphatic heterocycles. The summed E-state index contributed by atoms with van der Waals surface area (Å²) in [5, 5.41) is 3.55. The van der Waals surface area contributed by atoms with E-state index in [-0.39, 0.29) is 6.04 Å². The second-order valence-electron chi connectivity index (χ2n) is 5.40. The van der Waals surface area contributed by atoms with Gasteiger partial charge in [-0.15, -0.1) is 11.3 Å². The van der Waals surface area contributed by atoms with Gasteiger partial charge in [0.15, 0.2) is 0 Å². The van der Waals surface area contributed by atoms with Gasteiger partial charge in [-0.05, 0) is 28.4 Å². The molecule has 2 nitrogen and oxygen atoms in total. The average Bonchev–Trinajstić information content (AvgIpc) is 2.74. The first-order valence-electron chi connectivity index (χ1n) is 6.90. The largest absolute Gasteiger partial charge is 0.326 e. The molecule has 1 aromatic heterocycles. The van der Waals surface area contributed by atoms with Gasteiger partial charge in [0.25, 0.3) is 0 Å². The predicted molar refractivity (Wildman–Crippen MR) is 91.1 cm³/mol. The third kappa shape index (κ3) is 3.97. The summed E-state index contributed by atoms with van der Waals surface area (Å²) in [6.45, 7) is 9.12. The Labute approximate surface area is 133 Å². The second-order valence-corrected chi connectivity index (χ2v) is 9.14. The lowest BCUT2D eigenvalue weighted by Crippen LogP contribution is -2.48. The smallest absolute Gasteiger partial charge is 0.0594 e. The molecule has 4 atom stereocenters. The van der Waals surface area contributed by atoms with Gasteiger partial charge in [-0.2, -0.15) is 11.8 Å². The zero-order valence-corrected chi connectivity index (χ0v) is 15.0. The molecule has 1 aromatic rings. The van der Waals surface area contributed by atoms with Gasteiger partial charge in [-0.1, -0.05) is 20.8 Å². The second kappa shape index (κ2) is 6.94. The van der Waals surface area contributed by atoms with Crippen molar-refractivity contribution in [1.82, 2.24) is 4.90 Å². The lowest BCUT2D eigenvalue weighted by Gasteiger charge is -2.41. The monoisotopic (exact) mass is 362 g/mol. The molecular formula is C14H23BrN2S2. The van der Waals surface area contributed by atoms with E-state index in [1.54, 1.807) is 0 Å². The van der Waals surface area contributed by atoms with E-state index in [1.165, 1.54) is 9.35 Å². The van der Waals surface area contributed by atoms with Crippen molar-refractivity contribution in [2.24, 2.45) is 5.73 Å². The van der Waals surface area contributed by atoms with Crippen molar-refractivity contribution in [2.75, 3.05) is 13.1 Å². The van der Waals surface area contributed by atoms with Crippen LogP contribution in [0.2, 0.25) is 0 Å². The maximum atomic E-state index is 6.42. The van der Waals surface area contributed by atoms with Crippen LogP contribution in [0.25, 0.3) is 0 Å². The van der Waals surface area contributed by atoms with Gasteiger partial charge in [0.1, 0.15) is 0 Å². The third-order valence-corrected chi connectivity index (χ3v) is 6.59. The number of hydrogen-bond acceptors (Lipinski definition) is 4. The highest BCUT2D eigenvalue weighted by atomic mass is 79.9. The molecule has 108 valence electrons. The molecule has 1 aliphatic rings. The van der Waals surface area contributed by atoms with E-state index < -0.39 is 0 Å². The lowest BCUT2D eigenvalue weighted by molar-refractivity contribution is 0.170. The van der Waals surface area contributed by atoms with Crippen LogP contribution in [0.15, 0.2) is 15.9 Å². The molecule has 4 unspecified atom stereocenters. The van der Waals surface area contributed by atoms with E-state index in [9.17, 15) is 0 Å². The molecule has 1 saturated heterocycles. The molecule has 2 N–H and O–H groups in total. The van der Waals surface area contributed by atoms with Gasteiger partial charge in [0.05, 0.1) is 6.04 Å². The van der Waals surface area contributed by atoms with E-state index in [4.69, 9.17) is 5.73 Å². The van der Waals surface area contributed by atoms with E-state index in [2.05, 4.69) is 64.8 Å². The summed E-state index contributed by atoms with van der Waals surface area (Å²) in [6, 6.07) is 2.82. The molecule has 2 heterocycles. The Morgan fingerprint density at radius 1 is 1.42 bits per heavy atom. The molecule has 2 rings (SSSR count). The van der Waals surface area contributed by atoms with Crippen LogP contribution in [0.3, 0.4) is 0 Å². The Bertz CT molecular complexity index is 400. The highest BCUT2D eigenvalue weighted by Gasteiger charge is 2.32. The average molecular weight is 363 g/mol. The number of thiophene rings is 1. The first kappa shape index (κ1) is 15.8. The van der Waals surface area contributed by atoms with Crippen molar-refractivity contribution in [3.63, 3.8) is 0 Å². The van der Waals surface area contributed by atoms with Crippen LogP contribution in [-0.4, -0.2) is 34.5 Å². The molecule has 1 fully saturated rings. The van der Waals surface area contributed by atoms with Crippen molar-refractivity contribution in [2.45, 2.75) is 49.8 Å². The highest BCUT2D eigenvalue weighted by Crippen LogP contribution is 2.36. The van der Waals surface area contributed by atoms with Crippen LogP contribution < -0.4 is 5.73 Å². The zero-order valence-electron chi connectivity index (χ0n) is 11.8. The Balaban J connectivity index is 2.22. The van der Waals surface area contributed by atoms with Crippen LogP contribution in [0.1, 0.15) is 38.1 Å². The molecule has 0 spiro atoms. The Kier molecular flexibility index (Phi) is 5.78. The normalized spacial score (nSPS) is 28.3. The van der Waals surface area contributed by atoms with Crippen molar-refractivity contribution in [3.8, 4) is 0 Å². The Morgan fingerprint density at radius 3 is 2.53 bits per heavy atom. The maximum Gasteiger partial charge on any atom is 0.0594 e. The first-order valence-corrected chi connectivity index (χ1v) is 9.51. The molecule has 0 bridgehead atoms. The summed E-state index contributed by atoms with van der Waals surface area (Å²) in [4.78, 5) is 3.99. The van der Waals surface area contributed by atoms with Gasteiger partial charge in [0, 0.05) is 44.4 Å². The van der Waals surface area contributed by atoms with Gasteiger partial charge >= 0.3 is 0 Å². The van der Waals surface area contributed by atoms with E-state index >= 15 is 0 Å². The number of nitrogens with zero attached hydrogens (tertiary/aromatic N) is 1. The molecule has 0 aromatic carbocycles. The minimum Gasteiger partial charge on any atom is -0.326 e. The first-order chi connectivity index (χ1) is 9.01. The summed E-state index contributed by atoms with van der Waals surface area (Å²) in [7, 11) is 0. The minimum atomic E-state index is 0.216. The number of hydrogen-bond donors (Lipinski definition) is 1. The van der Waals surface area contributed by atoms with Crippen molar-refractivity contribution < 1.29 is 0 Å². The Hall–Kier alpha value is 0.450. The molecule has 0 amide bonds. The third-order valence-electron chi connectivity index (χ3n) is 3.60. The van der Waals surface area contributed by atoms with Crippen LogP contribution in [0.5, 0.6) is 0 Å². The predicted octanol–water partition coefficient (Wildman–Crippen LogP) is 4.11. The van der Waals surface area contributed by atoms with E-state index in [0.717, 1.165) is 19.5 Å². The van der Waals surface area contributed by atoms with Crippen LogP contribution in [-0.2, 0) is 0 Å². The fourth-order valence-electron chi connectivity index (χ4n) is 2.81. The quantitative estimate of drug-likeness (QED) is 0.873. The summed E-state index contributed by atoms with van der Waals surface area (Å²) >= 11 is 7.48. The standard InChI is InChI=1S/C14H23BrN2S2/c1-4-12(16)14(13-5-11(15)8-18-13)17-6-9(2)19-10(3)7-17/h5,8-10,12,14H,4,6-7,16H2,1-3H3. The number of rotatable bonds is 4. The van der Waals surface area contributed by atoms with E-state index in [1.807, 2.05) is 11.3 Å². The van der Waals surface area contributed by atoms with Crippen molar-refractivity contribution >= 4 is 39.0 Å². The fraction of sp³-hybridized carbons (Fsp3) is 0.714. The number of nitrogens with two attached hydrogens (primary N) is 1. The highest BCUT2D eigenvalue weighted by molar-refractivity contribution is 9.10. The maximum absolute atomic E-state index is 6.42. The molecular weight excluding hydrogens is 340 g/mol. The van der Waals surface area contributed by atoms with Gasteiger partial charge in [-0.3, -0.25) is 4.90 Å². The summed E-state index contributed by atoms with van der Waals surface area (Å²) in [6.07, 6.45) is 1.02. The molecule has 0 radical (unpaired) electrons. The van der Waals surface area contributed by atoms with Crippen molar-refractivity contribution in [3.05, 3.63) is 20.8 Å². The van der Waals surface area contributed by atoms with E-state index in [0.29, 0.717) is 16.5 Å². The number of halogens is 1. The molecule has 0 aliphatic carbocycles. The fourth-order valence-corrected chi connectivity index (χ4v) is 5.81. The summed E-state index contributed by atoms with van der Waals surface area (Å²) in [5.41, 5.74) is 6.42. The lowest BCUT2D eigenvalue weighted by atomic mass is 10.0. The van der Waals surface area contributed by atoms with Crippen LogP contribution in [0, 0.1) is 0 Å². The van der Waals surface area contributed by atoms with Gasteiger partial charge in [0.2, 0.25) is 0 Å². The van der Waals surface area contributed by atoms with Crippen LogP contribution >= 0.6 is 39.0 Å². The molecule has 0 saturated carbocycles. The zero-order chi connectivity index (χ0) is 14.0. The SMILES string of the molecule is CCC(N)C(c1cc(Br)cs1)N1CC(C)SC(C)C1. The number of thioether (sulfide) groups is 1. The summed E-state index contributed by atoms with van der Waals surface area (Å²) < 4.78 is 1.17. The van der Waals surface area contributed by atoms with Crippen LogP contribution in [0.4, 0.5) is 0 Å². The Morgan fingerprint density at radius 2 is 2.05 bits per heavy atom. The van der Waals surface area contributed by atoms with Crippen molar-refractivity contribution in [1.29, 1.82) is 0 Å². The van der Waals surface area contributed by atoms with Gasteiger partial charge < -0.3 is 5.73 Å². The minimum absolute atomic E-state index is 0.216. The molecule has 19 heavy (non-hydrogen) atoms. The van der Waals surface area contributed by atoms with Gasteiger partial charge in [-0.25, -0.2) is 0 Å². The summed E-state index contributed by atoms with van der Waals surface area (Å²) in [5.74, 6) is 0.